The van der Waals surface area contributed by atoms with Crippen LogP contribution < -0.4 is 5.32 Å². The Morgan fingerprint density at radius 3 is 2.56 bits per heavy atom. The molecule has 0 saturated heterocycles. The zero-order valence-corrected chi connectivity index (χ0v) is 15.3. The van der Waals surface area contributed by atoms with Gasteiger partial charge in [0.2, 0.25) is 5.91 Å². The van der Waals surface area contributed by atoms with Crippen LogP contribution in [0.1, 0.15) is 53.5 Å². The quantitative estimate of drug-likeness (QED) is 0.818. The molecule has 5 nitrogen and oxygen atoms in total. The van der Waals surface area contributed by atoms with Gasteiger partial charge >= 0.3 is 5.97 Å². The summed E-state index contributed by atoms with van der Waals surface area (Å²) in [7, 11) is 0. The van der Waals surface area contributed by atoms with E-state index in [9.17, 15) is 9.59 Å². The van der Waals surface area contributed by atoms with E-state index in [0.717, 1.165) is 31.2 Å². The molecule has 1 amide bonds. The first-order chi connectivity index (χ1) is 12.1. The zero-order valence-electron chi connectivity index (χ0n) is 14.5. The molecular weight excluding hydrogens is 336 g/mol. The molecule has 0 bridgehead atoms. The number of hydrogen-bond acceptors (Lipinski definition) is 5. The molecule has 0 unspecified atom stereocenters. The number of esters is 1. The van der Waals surface area contributed by atoms with E-state index < -0.39 is 11.4 Å². The number of nitrogens with one attached hydrogen (secondary N) is 1. The fourth-order valence-electron chi connectivity index (χ4n) is 3.44. The number of carbonyl (C=O) groups is 2. The molecule has 0 aliphatic heterocycles. The summed E-state index contributed by atoms with van der Waals surface area (Å²) in [5.41, 5.74) is 1.12. The van der Waals surface area contributed by atoms with Crippen molar-refractivity contribution in [3.05, 3.63) is 46.5 Å². The second-order valence-corrected chi connectivity index (χ2v) is 7.26. The van der Waals surface area contributed by atoms with Crippen molar-refractivity contribution < 1.29 is 14.3 Å². The van der Waals surface area contributed by atoms with E-state index >= 15 is 0 Å². The molecule has 3 rings (SSSR count). The number of rotatable bonds is 5. The lowest BCUT2D eigenvalue weighted by Crippen LogP contribution is -2.37. The summed E-state index contributed by atoms with van der Waals surface area (Å²) in [6.45, 7) is 3.83. The number of carbonyl (C=O) groups excluding carboxylic acids is 2. The lowest BCUT2D eigenvalue weighted by atomic mass is 9.78. The number of thiazole rings is 1. The van der Waals surface area contributed by atoms with Crippen molar-refractivity contribution in [2.45, 2.75) is 44.9 Å². The molecule has 1 aromatic heterocycles. The SMILES string of the molecule is CCOC(=O)c1sc(NC(=O)C2(c3ccccc3)CCCC2)nc1C. The molecule has 25 heavy (non-hydrogen) atoms. The predicted molar refractivity (Wildman–Crippen MR) is 98.0 cm³/mol. The van der Waals surface area contributed by atoms with Gasteiger partial charge in [-0.15, -0.1) is 0 Å². The second kappa shape index (κ2) is 7.35. The summed E-state index contributed by atoms with van der Waals surface area (Å²) in [6.07, 6.45) is 3.73. The molecule has 1 heterocycles. The topological polar surface area (TPSA) is 68.3 Å². The molecule has 0 atom stereocenters. The maximum atomic E-state index is 13.1. The van der Waals surface area contributed by atoms with Gasteiger partial charge in [0.25, 0.3) is 0 Å². The van der Waals surface area contributed by atoms with Crippen LogP contribution in [0.2, 0.25) is 0 Å². The average Bonchev–Trinajstić information content (AvgIpc) is 3.24. The van der Waals surface area contributed by atoms with E-state index in [2.05, 4.69) is 10.3 Å². The van der Waals surface area contributed by atoms with Crippen molar-refractivity contribution in [1.82, 2.24) is 4.98 Å². The van der Waals surface area contributed by atoms with Crippen molar-refractivity contribution in [3.8, 4) is 0 Å². The highest BCUT2D eigenvalue weighted by Gasteiger charge is 2.43. The van der Waals surface area contributed by atoms with E-state index in [1.165, 1.54) is 11.3 Å². The Kier molecular flexibility index (Phi) is 5.18. The lowest BCUT2D eigenvalue weighted by molar-refractivity contribution is -0.121. The van der Waals surface area contributed by atoms with Crippen LogP contribution in [0.25, 0.3) is 0 Å². The standard InChI is InChI=1S/C19H22N2O3S/c1-3-24-16(22)15-13(2)20-18(25-15)21-17(23)19(11-7-8-12-19)14-9-5-4-6-10-14/h4-6,9-10H,3,7-8,11-12H2,1-2H3,(H,20,21,23). The van der Waals surface area contributed by atoms with Crippen LogP contribution in [0.15, 0.2) is 30.3 Å². The van der Waals surface area contributed by atoms with Crippen LogP contribution in [0.5, 0.6) is 0 Å². The summed E-state index contributed by atoms with van der Waals surface area (Å²) in [5, 5.41) is 3.39. The first-order valence-corrected chi connectivity index (χ1v) is 9.40. The number of ether oxygens (including phenoxy) is 1. The maximum absolute atomic E-state index is 13.1. The zero-order chi connectivity index (χ0) is 17.9. The molecule has 132 valence electrons. The third-order valence-electron chi connectivity index (χ3n) is 4.70. The first-order valence-electron chi connectivity index (χ1n) is 8.58. The van der Waals surface area contributed by atoms with Crippen molar-refractivity contribution >= 4 is 28.3 Å². The Hall–Kier alpha value is -2.21. The van der Waals surface area contributed by atoms with Crippen LogP contribution in [0.4, 0.5) is 5.13 Å². The van der Waals surface area contributed by atoms with Gasteiger partial charge in [0.15, 0.2) is 5.13 Å². The summed E-state index contributed by atoms with van der Waals surface area (Å²) in [6, 6.07) is 9.92. The van der Waals surface area contributed by atoms with E-state index in [1.54, 1.807) is 13.8 Å². The Labute approximate surface area is 151 Å². The fourth-order valence-corrected chi connectivity index (χ4v) is 4.29. The van der Waals surface area contributed by atoms with Gasteiger partial charge in [-0.3, -0.25) is 4.79 Å². The first kappa shape index (κ1) is 17.6. The number of benzene rings is 1. The Balaban J connectivity index is 1.84. The van der Waals surface area contributed by atoms with Gasteiger partial charge in [-0.1, -0.05) is 54.5 Å². The molecule has 0 radical (unpaired) electrons. The van der Waals surface area contributed by atoms with Gasteiger partial charge in [-0.05, 0) is 32.3 Å². The third-order valence-corrected chi connectivity index (χ3v) is 5.75. The predicted octanol–water partition coefficient (Wildman–Crippen LogP) is 4.08. The third kappa shape index (κ3) is 3.44. The number of amides is 1. The van der Waals surface area contributed by atoms with Gasteiger partial charge < -0.3 is 10.1 Å². The van der Waals surface area contributed by atoms with E-state index in [0.29, 0.717) is 22.3 Å². The Morgan fingerprint density at radius 2 is 1.92 bits per heavy atom. The summed E-state index contributed by atoms with van der Waals surface area (Å²) in [5.74, 6) is -0.433. The highest BCUT2D eigenvalue weighted by molar-refractivity contribution is 7.17. The summed E-state index contributed by atoms with van der Waals surface area (Å²) >= 11 is 1.17. The Morgan fingerprint density at radius 1 is 1.24 bits per heavy atom. The molecule has 6 heteroatoms. The van der Waals surface area contributed by atoms with Gasteiger partial charge in [-0.2, -0.15) is 0 Å². The number of aryl methyl sites for hydroxylation is 1. The van der Waals surface area contributed by atoms with Crippen LogP contribution >= 0.6 is 11.3 Å². The number of anilines is 1. The molecule has 2 aromatic rings. The largest absolute Gasteiger partial charge is 0.462 e. The molecule has 1 aliphatic carbocycles. The maximum Gasteiger partial charge on any atom is 0.350 e. The Bertz CT molecular complexity index is 764. The molecule has 0 spiro atoms. The van der Waals surface area contributed by atoms with E-state index in [1.807, 2.05) is 30.3 Å². The molecule has 1 aromatic carbocycles. The monoisotopic (exact) mass is 358 g/mol. The number of nitrogens with zero attached hydrogens (tertiary/aromatic N) is 1. The minimum absolute atomic E-state index is 0.0413. The van der Waals surface area contributed by atoms with Gasteiger partial charge in [0.05, 0.1) is 17.7 Å². The van der Waals surface area contributed by atoms with Crippen molar-refractivity contribution in [2.24, 2.45) is 0 Å². The van der Waals surface area contributed by atoms with Gasteiger partial charge in [0.1, 0.15) is 4.88 Å². The van der Waals surface area contributed by atoms with Crippen molar-refractivity contribution in [1.29, 1.82) is 0 Å². The highest BCUT2D eigenvalue weighted by Crippen LogP contribution is 2.42. The van der Waals surface area contributed by atoms with Crippen LogP contribution in [-0.2, 0) is 14.9 Å². The average molecular weight is 358 g/mol. The van der Waals surface area contributed by atoms with Gasteiger partial charge in [-0.25, -0.2) is 9.78 Å². The number of hydrogen-bond donors (Lipinski definition) is 1. The number of aromatic nitrogens is 1. The fraction of sp³-hybridized carbons (Fsp3) is 0.421. The summed E-state index contributed by atoms with van der Waals surface area (Å²) < 4.78 is 5.03. The van der Waals surface area contributed by atoms with Crippen molar-refractivity contribution in [3.63, 3.8) is 0 Å². The van der Waals surface area contributed by atoms with Crippen molar-refractivity contribution in [2.75, 3.05) is 11.9 Å². The summed E-state index contributed by atoms with van der Waals surface area (Å²) in [4.78, 5) is 29.8. The lowest BCUT2D eigenvalue weighted by Gasteiger charge is -2.27. The van der Waals surface area contributed by atoms with E-state index in [-0.39, 0.29) is 5.91 Å². The van der Waals surface area contributed by atoms with Crippen LogP contribution in [-0.4, -0.2) is 23.5 Å². The second-order valence-electron chi connectivity index (χ2n) is 6.26. The highest BCUT2D eigenvalue weighted by atomic mass is 32.1. The smallest absolute Gasteiger partial charge is 0.350 e. The van der Waals surface area contributed by atoms with Gasteiger partial charge in [0, 0.05) is 0 Å². The molecular formula is C19H22N2O3S. The minimum Gasteiger partial charge on any atom is -0.462 e. The molecule has 1 fully saturated rings. The minimum atomic E-state index is -0.509. The van der Waals surface area contributed by atoms with E-state index in [4.69, 9.17) is 4.74 Å². The van der Waals surface area contributed by atoms with Crippen LogP contribution in [0, 0.1) is 6.92 Å². The molecule has 1 aliphatic rings. The molecule has 1 N–H and O–H groups in total. The normalized spacial score (nSPS) is 15.8. The molecule has 1 saturated carbocycles. The van der Waals surface area contributed by atoms with Crippen LogP contribution in [0.3, 0.4) is 0 Å².